The summed E-state index contributed by atoms with van der Waals surface area (Å²) in [6.45, 7) is 0. The van der Waals surface area contributed by atoms with Crippen molar-refractivity contribution in [3.8, 4) is 39.5 Å². The Hall–Kier alpha value is -6.10. The smallest absolute Gasteiger partial charge is 0.160 e. The van der Waals surface area contributed by atoms with E-state index >= 15 is 0 Å². The van der Waals surface area contributed by atoms with Gasteiger partial charge in [-0.15, -0.1) is 11.3 Å². The number of thiophene rings is 1. The van der Waals surface area contributed by atoms with Crippen molar-refractivity contribution in [1.82, 2.24) is 14.5 Å². The van der Waals surface area contributed by atoms with E-state index in [0.717, 1.165) is 43.9 Å². The van der Waals surface area contributed by atoms with E-state index in [1.54, 1.807) is 11.3 Å². The van der Waals surface area contributed by atoms with E-state index in [1.807, 2.05) is 18.2 Å². The zero-order valence-corrected chi connectivity index (χ0v) is 26.7. The quantitative estimate of drug-likeness (QED) is 0.194. The van der Waals surface area contributed by atoms with Crippen LogP contribution in [0.25, 0.3) is 92.3 Å². The third kappa shape index (κ3) is 4.20. The molecule has 4 heteroatoms. The van der Waals surface area contributed by atoms with Crippen molar-refractivity contribution in [2.45, 2.75) is 0 Å². The largest absolute Gasteiger partial charge is 0.309 e. The first-order chi connectivity index (χ1) is 23.8. The second kappa shape index (κ2) is 10.7. The van der Waals surface area contributed by atoms with Crippen LogP contribution in [0.2, 0.25) is 0 Å². The van der Waals surface area contributed by atoms with Crippen molar-refractivity contribution in [2.24, 2.45) is 0 Å². The first-order valence-electron chi connectivity index (χ1n) is 16.2. The molecule has 3 aromatic heterocycles. The molecule has 0 aliphatic rings. The third-order valence-corrected chi connectivity index (χ3v) is 10.6. The van der Waals surface area contributed by atoms with Gasteiger partial charge in [0.25, 0.3) is 0 Å². The molecule has 0 amide bonds. The normalized spacial score (nSPS) is 11.8. The van der Waals surface area contributed by atoms with E-state index in [4.69, 9.17) is 9.97 Å². The van der Waals surface area contributed by atoms with Crippen LogP contribution in [0.4, 0.5) is 0 Å². The van der Waals surface area contributed by atoms with Crippen LogP contribution in [0.1, 0.15) is 0 Å². The molecule has 0 atom stereocenters. The Morgan fingerprint density at radius 1 is 0.458 bits per heavy atom. The number of benzene rings is 7. The van der Waals surface area contributed by atoms with Gasteiger partial charge >= 0.3 is 0 Å². The van der Waals surface area contributed by atoms with Gasteiger partial charge in [0.2, 0.25) is 0 Å². The lowest BCUT2D eigenvalue weighted by atomic mass is 10.0. The highest BCUT2D eigenvalue weighted by atomic mass is 32.1. The highest BCUT2D eigenvalue weighted by Crippen LogP contribution is 2.42. The lowest BCUT2D eigenvalue weighted by Gasteiger charge is -2.10. The summed E-state index contributed by atoms with van der Waals surface area (Å²) >= 11 is 1.78. The van der Waals surface area contributed by atoms with Crippen LogP contribution in [0, 0.1) is 0 Å². The number of aromatic nitrogens is 3. The second-order valence-electron chi connectivity index (χ2n) is 12.2. The molecule has 224 valence electrons. The predicted molar refractivity (Wildman–Crippen MR) is 203 cm³/mol. The summed E-state index contributed by atoms with van der Waals surface area (Å²) in [5.74, 6) is 0.744. The third-order valence-electron chi connectivity index (χ3n) is 9.41. The summed E-state index contributed by atoms with van der Waals surface area (Å²) < 4.78 is 4.69. The van der Waals surface area contributed by atoms with Crippen LogP contribution in [-0.2, 0) is 0 Å². The molecule has 0 N–H and O–H groups in total. The summed E-state index contributed by atoms with van der Waals surface area (Å²) in [6, 6.07) is 58.4. The molecular formula is C44H27N3S. The van der Waals surface area contributed by atoms with Gasteiger partial charge in [0.05, 0.1) is 26.9 Å². The van der Waals surface area contributed by atoms with Crippen LogP contribution >= 0.6 is 11.3 Å². The summed E-state index contributed by atoms with van der Waals surface area (Å²) in [7, 11) is 0. The van der Waals surface area contributed by atoms with Crippen LogP contribution in [0.3, 0.4) is 0 Å². The molecule has 3 heterocycles. The van der Waals surface area contributed by atoms with Crippen molar-refractivity contribution >= 4 is 64.2 Å². The number of para-hydroxylation sites is 2. The van der Waals surface area contributed by atoms with E-state index in [1.165, 1.54) is 48.4 Å². The molecular weight excluding hydrogens is 603 g/mol. The van der Waals surface area contributed by atoms with Crippen LogP contribution in [0.15, 0.2) is 164 Å². The molecule has 10 aromatic rings. The van der Waals surface area contributed by atoms with Gasteiger partial charge in [0.15, 0.2) is 5.82 Å². The molecule has 0 bridgehead atoms. The molecule has 0 aliphatic carbocycles. The Labute approximate surface area is 281 Å². The van der Waals surface area contributed by atoms with Gasteiger partial charge in [-0.3, -0.25) is 0 Å². The zero-order valence-electron chi connectivity index (χ0n) is 25.8. The first-order valence-corrected chi connectivity index (χ1v) is 17.0. The van der Waals surface area contributed by atoms with Crippen LogP contribution in [0.5, 0.6) is 0 Å². The number of fused-ring (bicyclic) bond motifs is 7. The molecule has 0 saturated heterocycles. The standard InChI is InChI=1S/C44H27N3S/c1-2-13-29(14-3-1)44-45-41(36-21-11-15-28-12-4-5-18-33(28)36)43-42(46-44)37-25-24-31(27-40(37)48-43)30-16-10-17-32(26-30)47-38-22-8-6-19-34(38)35-20-7-9-23-39(35)47/h1-27H. The molecule has 0 saturated carbocycles. The Morgan fingerprint density at radius 2 is 1.10 bits per heavy atom. The highest BCUT2D eigenvalue weighted by Gasteiger charge is 2.19. The van der Waals surface area contributed by atoms with Crippen LogP contribution < -0.4 is 0 Å². The summed E-state index contributed by atoms with van der Waals surface area (Å²) in [5.41, 5.74) is 10.1. The Kier molecular flexibility index (Phi) is 6.05. The van der Waals surface area contributed by atoms with Crippen molar-refractivity contribution in [1.29, 1.82) is 0 Å². The summed E-state index contributed by atoms with van der Waals surface area (Å²) in [5, 5.41) is 6.08. The molecule has 10 rings (SSSR count). The van der Waals surface area contributed by atoms with E-state index in [-0.39, 0.29) is 0 Å². The molecule has 7 aromatic carbocycles. The van der Waals surface area contributed by atoms with Gasteiger partial charge in [-0.2, -0.15) is 0 Å². The monoisotopic (exact) mass is 629 g/mol. The fraction of sp³-hybridized carbons (Fsp3) is 0. The van der Waals surface area contributed by atoms with Gasteiger partial charge in [-0.1, -0.05) is 133 Å². The molecule has 3 nitrogen and oxygen atoms in total. The van der Waals surface area contributed by atoms with Crippen LogP contribution in [-0.4, -0.2) is 14.5 Å². The van der Waals surface area contributed by atoms with Gasteiger partial charge in [-0.05, 0) is 52.2 Å². The topological polar surface area (TPSA) is 30.7 Å². The fourth-order valence-electron chi connectivity index (χ4n) is 7.18. The maximum Gasteiger partial charge on any atom is 0.160 e. The number of hydrogen-bond acceptors (Lipinski definition) is 3. The van der Waals surface area contributed by atoms with Crippen molar-refractivity contribution < 1.29 is 0 Å². The minimum absolute atomic E-state index is 0.744. The molecule has 0 spiro atoms. The van der Waals surface area contributed by atoms with Gasteiger partial charge < -0.3 is 4.57 Å². The SMILES string of the molecule is c1ccc(-c2nc(-c3cccc4ccccc34)c3sc4cc(-c5cccc(-n6c7ccccc7c7ccccc76)c5)ccc4c3n2)cc1. The molecule has 0 aliphatic heterocycles. The highest BCUT2D eigenvalue weighted by molar-refractivity contribution is 7.26. The average Bonchev–Trinajstić information content (AvgIpc) is 3.70. The maximum atomic E-state index is 5.25. The Morgan fingerprint density at radius 3 is 1.92 bits per heavy atom. The minimum atomic E-state index is 0.744. The summed E-state index contributed by atoms with van der Waals surface area (Å²) in [6.07, 6.45) is 0. The van der Waals surface area contributed by atoms with E-state index in [0.29, 0.717) is 0 Å². The number of nitrogens with zero attached hydrogens (tertiary/aromatic N) is 3. The van der Waals surface area contributed by atoms with Gasteiger partial charge in [0.1, 0.15) is 0 Å². The fourth-order valence-corrected chi connectivity index (χ4v) is 8.36. The lowest BCUT2D eigenvalue weighted by Crippen LogP contribution is -1.94. The number of hydrogen-bond donors (Lipinski definition) is 0. The Bertz CT molecular complexity index is 2790. The molecule has 0 radical (unpaired) electrons. The maximum absolute atomic E-state index is 5.25. The van der Waals surface area contributed by atoms with E-state index < -0.39 is 0 Å². The minimum Gasteiger partial charge on any atom is -0.309 e. The zero-order chi connectivity index (χ0) is 31.6. The number of rotatable bonds is 4. The average molecular weight is 630 g/mol. The lowest BCUT2D eigenvalue weighted by molar-refractivity contribution is 1.18. The molecule has 0 unspecified atom stereocenters. The predicted octanol–water partition coefficient (Wildman–Crippen LogP) is 12.1. The first kappa shape index (κ1) is 27.1. The second-order valence-corrected chi connectivity index (χ2v) is 13.3. The van der Waals surface area contributed by atoms with E-state index in [2.05, 4.69) is 150 Å². The van der Waals surface area contributed by atoms with Gasteiger partial charge in [-0.25, -0.2) is 9.97 Å². The van der Waals surface area contributed by atoms with Crippen molar-refractivity contribution in [3.63, 3.8) is 0 Å². The molecule has 48 heavy (non-hydrogen) atoms. The Balaban J connectivity index is 1.17. The van der Waals surface area contributed by atoms with E-state index in [9.17, 15) is 0 Å². The molecule has 0 fully saturated rings. The summed E-state index contributed by atoms with van der Waals surface area (Å²) in [4.78, 5) is 10.5. The van der Waals surface area contributed by atoms with Crippen molar-refractivity contribution in [2.75, 3.05) is 0 Å². The van der Waals surface area contributed by atoms with Gasteiger partial charge in [0, 0.05) is 37.7 Å². The van der Waals surface area contributed by atoms with Crippen molar-refractivity contribution in [3.05, 3.63) is 164 Å².